The van der Waals surface area contributed by atoms with E-state index in [4.69, 9.17) is 4.74 Å². The molecule has 84 valence electrons. The number of hydrogen-bond donors (Lipinski definition) is 0. The van der Waals surface area contributed by atoms with E-state index in [1.54, 1.807) is 19.5 Å². The summed E-state index contributed by atoms with van der Waals surface area (Å²) in [6.45, 7) is 4.40. The molecular formula is C11H17BrN2O. The van der Waals surface area contributed by atoms with E-state index in [2.05, 4.69) is 39.7 Å². The molecule has 1 unspecified atom stereocenters. The topological polar surface area (TPSA) is 35.0 Å². The minimum atomic E-state index is 0.518. The van der Waals surface area contributed by atoms with Crippen LogP contribution in [0.1, 0.15) is 26.0 Å². The molecule has 1 atom stereocenters. The lowest BCUT2D eigenvalue weighted by molar-refractivity contribution is 0.388. The van der Waals surface area contributed by atoms with Gasteiger partial charge in [0.2, 0.25) is 5.88 Å². The first-order valence-electron chi connectivity index (χ1n) is 5.13. The summed E-state index contributed by atoms with van der Waals surface area (Å²) in [6.07, 6.45) is 5.30. The molecule has 0 spiro atoms. The van der Waals surface area contributed by atoms with E-state index in [0.717, 1.165) is 18.5 Å². The van der Waals surface area contributed by atoms with Crippen LogP contribution in [-0.4, -0.2) is 21.9 Å². The molecule has 3 nitrogen and oxygen atoms in total. The summed E-state index contributed by atoms with van der Waals surface area (Å²) in [5.41, 5.74) is 0.935. The van der Waals surface area contributed by atoms with Gasteiger partial charge in [-0.15, -0.1) is 0 Å². The van der Waals surface area contributed by atoms with Gasteiger partial charge in [0.1, 0.15) is 5.69 Å². The SMILES string of the molecule is COc1nccnc1CCC(Br)C(C)C. The molecule has 0 saturated carbocycles. The summed E-state index contributed by atoms with van der Waals surface area (Å²) in [5, 5.41) is 0. The maximum Gasteiger partial charge on any atom is 0.235 e. The zero-order valence-corrected chi connectivity index (χ0v) is 11.0. The van der Waals surface area contributed by atoms with Crippen LogP contribution in [-0.2, 0) is 6.42 Å². The van der Waals surface area contributed by atoms with Gasteiger partial charge in [0.15, 0.2) is 0 Å². The molecule has 0 saturated heterocycles. The minimum Gasteiger partial charge on any atom is -0.480 e. The normalized spacial score (nSPS) is 12.9. The van der Waals surface area contributed by atoms with Gasteiger partial charge in [-0.05, 0) is 18.8 Å². The maximum absolute atomic E-state index is 5.15. The molecule has 15 heavy (non-hydrogen) atoms. The molecule has 1 aromatic rings. The van der Waals surface area contributed by atoms with Gasteiger partial charge in [-0.25, -0.2) is 4.98 Å². The molecular weight excluding hydrogens is 256 g/mol. The van der Waals surface area contributed by atoms with Gasteiger partial charge in [-0.1, -0.05) is 29.8 Å². The van der Waals surface area contributed by atoms with Crippen molar-refractivity contribution in [2.24, 2.45) is 5.92 Å². The Bertz CT molecular complexity index is 304. The Morgan fingerprint density at radius 1 is 1.33 bits per heavy atom. The lowest BCUT2D eigenvalue weighted by Gasteiger charge is -2.13. The van der Waals surface area contributed by atoms with Crippen LogP contribution < -0.4 is 4.74 Å². The van der Waals surface area contributed by atoms with Crippen molar-refractivity contribution in [3.8, 4) is 5.88 Å². The average molecular weight is 273 g/mol. The van der Waals surface area contributed by atoms with E-state index in [0.29, 0.717) is 16.6 Å². The smallest absolute Gasteiger partial charge is 0.235 e. The van der Waals surface area contributed by atoms with Crippen molar-refractivity contribution >= 4 is 15.9 Å². The molecule has 1 heterocycles. The first-order valence-corrected chi connectivity index (χ1v) is 6.04. The number of rotatable bonds is 5. The molecule has 0 aromatic carbocycles. The van der Waals surface area contributed by atoms with Gasteiger partial charge < -0.3 is 4.74 Å². The summed E-state index contributed by atoms with van der Waals surface area (Å²) in [5.74, 6) is 1.27. The molecule has 0 amide bonds. The Kier molecular flexibility index (Phi) is 5.02. The Morgan fingerprint density at radius 2 is 2.00 bits per heavy atom. The fraction of sp³-hybridized carbons (Fsp3) is 0.636. The lowest BCUT2D eigenvalue weighted by atomic mass is 10.1. The third-order valence-corrected chi connectivity index (χ3v) is 3.82. The molecule has 0 bridgehead atoms. The Balaban J connectivity index is 2.57. The number of methoxy groups -OCH3 is 1. The number of nitrogens with zero attached hydrogens (tertiary/aromatic N) is 2. The molecule has 4 heteroatoms. The zero-order chi connectivity index (χ0) is 11.3. The van der Waals surface area contributed by atoms with Crippen LogP contribution in [0.25, 0.3) is 0 Å². The van der Waals surface area contributed by atoms with Crippen LogP contribution in [0.15, 0.2) is 12.4 Å². The Hall–Kier alpha value is -0.640. The summed E-state index contributed by atoms with van der Waals surface area (Å²) in [6, 6.07) is 0. The second-order valence-electron chi connectivity index (χ2n) is 3.81. The Labute approximate surface area is 99.4 Å². The summed E-state index contributed by atoms with van der Waals surface area (Å²) < 4.78 is 5.15. The van der Waals surface area contributed by atoms with E-state index >= 15 is 0 Å². The molecule has 0 fully saturated rings. The standard InChI is InChI=1S/C11H17BrN2O/c1-8(2)9(12)4-5-10-11(15-3)14-7-6-13-10/h6-9H,4-5H2,1-3H3. The highest BCUT2D eigenvalue weighted by Crippen LogP contribution is 2.20. The van der Waals surface area contributed by atoms with E-state index in [-0.39, 0.29) is 0 Å². The van der Waals surface area contributed by atoms with Crippen LogP contribution >= 0.6 is 15.9 Å². The number of hydrogen-bond acceptors (Lipinski definition) is 3. The van der Waals surface area contributed by atoms with Crippen molar-refractivity contribution in [3.05, 3.63) is 18.1 Å². The fourth-order valence-corrected chi connectivity index (χ4v) is 1.53. The van der Waals surface area contributed by atoms with Crippen LogP contribution in [0, 0.1) is 5.92 Å². The third kappa shape index (κ3) is 3.78. The summed E-state index contributed by atoms with van der Waals surface area (Å²) in [4.78, 5) is 8.91. The molecule has 0 aliphatic rings. The van der Waals surface area contributed by atoms with Crippen molar-refractivity contribution in [1.29, 1.82) is 0 Å². The van der Waals surface area contributed by atoms with E-state index in [9.17, 15) is 0 Å². The summed E-state index contributed by atoms with van der Waals surface area (Å²) in [7, 11) is 1.63. The van der Waals surface area contributed by atoms with Crippen molar-refractivity contribution < 1.29 is 4.74 Å². The molecule has 0 aliphatic carbocycles. The average Bonchev–Trinajstić information content (AvgIpc) is 2.26. The third-order valence-electron chi connectivity index (χ3n) is 2.31. The van der Waals surface area contributed by atoms with Crippen LogP contribution in [0.3, 0.4) is 0 Å². The van der Waals surface area contributed by atoms with Crippen molar-refractivity contribution in [2.45, 2.75) is 31.5 Å². The van der Waals surface area contributed by atoms with Crippen LogP contribution in [0.5, 0.6) is 5.88 Å². The highest BCUT2D eigenvalue weighted by molar-refractivity contribution is 9.09. The van der Waals surface area contributed by atoms with Gasteiger partial charge in [-0.3, -0.25) is 4.98 Å². The van der Waals surface area contributed by atoms with E-state index in [1.807, 2.05) is 0 Å². The number of alkyl halides is 1. The molecule has 0 N–H and O–H groups in total. The molecule has 1 aromatic heterocycles. The van der Waals surface area contributed by atoms with Crippen molar-refractivity contribution in [3.63, 3.8) is 0 Å². The van der Waals surface area contributed by atoms with Gasteiger partial charge >= 0.3 is 0 Å². The van der Waals surface area contributed by atoms with Gasteiger partial charge in [-0.2, -0.15) is 0 Å². The first kappa shape index (κ1) is 12.4. The van der Waals surface area contributed by atoms with Gasteiger partial charge in [0.05, 0.1) is 7.11 Å². The fourth-order valence-electron chi connectivity index (χ4n) is 1.30. The van der Waals surface area contributed by atoms with Crippen LogP contribution in [0.2, 0.25) is 0 Å². The molecule has 0 aliphatic heterocycles. The van der Waals surface area contributed by atoms with Gasteiger partial charge in [0, 0.05) is 17.2 Å². The summed E-state index contributed by atoms with van der Waals surface area (Å²) >= 11 is 3.66. The van der Waals surface area contributed by atoms with Crippen molar-refractivity contribution in [2.75, 3.05) is 7.11 Å². The number of halogens is 1. The first-order chi connectivity index (χ1) is 7.15. The van der Waals surface area contributed by atoms with Crippen molar-refractivity contribution in [1.82, 2.24) is 9.97 Å². The number of aromatic nitrogens is 2. The van der Waals surface area contributed by atoms with Crippen LogP contribution in [0.4, 0.5) is 0 Å². The number of aryl methyl sites for hydroxylation is 1. The van der Waals surface area contributed by atoms with E-state index in [1.165, 1.54) is 0 Å². The second-order valence-corrected chi connectivity index (χ2v) is 4.99. The quantitative estimate of drug-likeness (QED) is 0.774. The molecule has 1 rings (SSSR count). The largest absolute Gasteiger partial charge is 0.480 e. The Morgan fingerprint density at radius 3 is 2.60 bits per heavy atom. The zero-order valence-electron chi connectivity index (χ0n) is 9.40. The highest BCUT2D eigenvalue weighted by atomic mass is 79.9. The highest BCUT2D eigenvalue weighted by Gasteiger charge is 2.12. The predicted octanol–water partition coefficient (Wildman–Crippen LogP) is 2.84. The molecule has 0 radical (unpaired) electrons. The minimum absolute atomic E-state index is 0.518. The second kappa shape index (κ2) is 6.05. The predicted molar refractivity (Wildman–Crippen MR) is 64.5 cm³/mol. The number of ether oxygens (including phenoxy) is 1. The van der Waals surface area contributed by atoms with E-state index < -0.39 is 0 Å². The lowest BCUT2D eigenvalue weighted by Crippen LogP contribution is -2.09. The monoisotopic (exact) mass is 272 g/mol. The maximum atomic E-state index is 5.15. The van der Waals surface area contributed by atoms with Gasteiger partial charge in [0.25, 0.3) is 0 Å².